The van der Waals surface area contributed by atoms with E-state index in [-0.39, 0.29) is 24.4 Å². The summed E-state index contributed by atoms with van der Waals surface area (Å²) in [6.07, 6.45) is 0.311. The molecule has 2 aliphatic rings. The molecule has 164 valence electrons. The topological polar surface area (TPSA) is 73.9 Å². The van der Waals surface area contributed by atoms with Crippen molar-refractivity contribution in [1.29, 1.82) is 0 Å². The Labute approximate surface area is 179 Å². The molecule has 0 aromatic heterocycles. The van der Waals surface area contributed by atoms with Crippen molar-refractivity contribution in [2.24, 2.45) is 0 Å². The Bertz CT molecular complexity index is 1010. The number of amides is 2. The van der Waals surface area contributed by atoms with Crippen molar-refractivity contribution in [2.45, 2.75) is 19.4 Å². The second kappa shape index (κ2) is 8.50. The molecule has 0 radical (unpaired) electrons. The summed E-state index contributed by atoms with van der Waals surface area (Å²) in [6, 6.07) is 7.85. The summed E-state index contributed by atoms with van der Waals surface area (Å²) in [5.41, 5.74) is 2.74. The minimum absolute atomic E-state index is 0.0363. The van der Waals surface area contributed by atoms with Crippen molar-refractivity contribution in [3.05, 3.63) is 47.5 Å². The van der Waals surface area contributed by atoms with E-state index in [9.17, 15) is 18.4 Å². The average Bonchev–Trinajstić information content (AvgIpc) is 3.07. The summed E-state index contributed by atoms with van der Waals surface area (Å²) in [4.78, 5) is 27.9. The predicted molar refractivity (Wildman–Crippen MR) is 114 cm³/mol. The molecule has 2 heterocycles. The van der Waals surface area contributed by atoms with E-state index in [0.29, 0.717) is 37.4 Å². The number of methoxy groups -OCH3 is 1. The molecule has 1 fully saturated rings. The number of anilines is 3. The summed E-state index contributed by atoms with van der Waals surface area (Å²) in [6.45, 7) is 3.85. The number of nitrogens with zero attached hydrogens (tertiary/aromatic N) is 2. The second-order valence-electron chi connectivity index (χ2n) is 7.87. The number of rotatable bonds is 5. The number of carbonyl (C=O) groups is 2. The number of piperazine rings is 1. The smallest absolute Gasteiger partial charge is 0.238 e. The molecule has 2 amide bonds. The number of benzene rings is 2. The van der Waals surface area contributed by atoms with E-state index in [1.54, 1.807) is 18.2 Å². The van der Waals surface area contributed by atoms with Gasteiger partial charge in [0.05, 0.1) is 20.1 Å². The molecular weight excluding hydrogens is 406 g/mol. The zero-order chi connectivity index (χ0) is 22.1. The van der Waals surface area contributed by atoms with E-state index >= 15 is 0 Å². The van der Waals surface area contributed by atoms with Gasteiger partial charge in [0.15, 0.2) is 17.4 Å². The van der Waals surface area contributed by atoms with Gasteiger partial charge in [-0.25, -0.2) is 8.78 Å². The summed E-state index contributed by atoms with van der Waals surface area (Å²) >= 11 is 0. The van der Waals surface area contributed by atoms with Crippen LogP contribution in [0.1, 0.15) is 12.5 Å². The van der Waals surface area contributed by atoms with Crippen LogP contribution in [0.5, 0.6) is 5.75 Å². The molecule has 0 unspecified atom stereocenters. The third-order valence-electron chi connectivity index (χ3n) is 5.61. The molecule has 1 atom stereocenters. The summed E-state index contributed by atoms with van der Waals surface area (Å²) in [7, 11) is 1.23. The van der Waals surface area contributed by atoms with Crippen LogP contribution < -0.4 is 20.3 Å². The van der Waals surface area contributed by atoms with Gasteiger partial charge in [0, 0.05) is 54.9 Å². The summed E-state index contributed by atoms with van der Waals surface area (Å²) in [5, 5.41) is 5.63. The van der Waals surface area contributed by atoms with Crippen molar-refractivity contribution in [3.63, 3.8) is 0 Å². The highest BCUT2D eigenvalue weighted by atomic mass is 19.1. The zero-order valence-electron chi connectivity index (χ0n) is 17.4. The first kappa shape index (κ1) is 21.0. The highest BCUT2D eigenvalue weighted by Gasteiger charge is 2.27. The van der Waals surface area contributed by atoms with Crippen molar-refractivity contribution in [1.82, 2.24) is 4.90 Å². The lowest BCUT2D eigenvalue weighted by molar-refractivity contribution is -0.117. The largest absolute Gasteiger partial charge is 0.491 e. The Balaban J connectivity index is 1.35. The fourth-order valence-corrected chi connectivity index (χ4v) is 4.18. The van der Waals surface area contributed by atoms with E-state index in [2.05, 4.69) is 10.6 Å². The molecule has 2 aromatic rings. The van der Waals surface area contributed by atoms with Gasteiger partial charge in [-0.2, -0.15) is 0 Å². The Kier molecular flexibility index (Phi) is 5.77. The quantitative estimate of drug-likeness (QED) is 0.763. The van der Waals surface area contributed by atoms with Gasteiger partial charge in [-0.1, -0.05) is 0 Å². The van der Waals surface area contributed by atoms with E-state index in [4.69, 9.17) is 4.74 Å². The van der Waals surface area contributed by atoms with Gasteiger partial charge in [-0.3, -0.25) is 14.5 Å². The van der Waals surface area contributed by atoms with Crippen LogP contribution in [0.15, 0.2) is 30.3 Å². The van der Waals surface area contributed by atoms with E-state index in [1.807, 2.05) is 16.7 Å². The second-order valence-corrected chi connectivity index (χ2v) is 7.87. The molecule has 0 aliphatic carbocycles. The van der Waals surface area contributed by atoms with Crippen molar-refractivity contribution >= 4 is 28.9 Å². The van der Waals surface area contributed by atoms with Crippen LogP contribution in [-0.4, -0.2) is 56.0 Å². The van der Waals surface area contributed by atoms with Gasteiger partial charge >= 0.3 is 0 Å². The lowest BCUT2D eigenvalue weighted by Gasteiger charge is -2.41. The minimum atomic E-state index is -0.738. The molecule has 2 aliphatic heterocycles. The molecule has 31 heavy (non-hydrogen) atoms. The van der Waals surface area contributed by atoms with E-state index < -0.39 is 17.4 Å². The van der Waals surface area contributed by atoms with Gasteiger partial charge in [0.1, 0.15) is 0 Å². The number of halogens is 2. The standard InChI is InChI=1S/C22H24F2N4O3/c1-13-11-27(5-6-28(13)16-9-17(23)22(31-2)18(24)10-16)12-21(30)25-15-3-4-19-14(7-15)8-20(29)26-19/h3-4,7,9-10,13H,5-6,8,11-12H2,1-2H3,(H,25,30)(H,26,29)/t13-/m1/s1. The maximum absolute atomic E-state index is 14.1. The van der Waals surface area contributed by atoms with Gasteiger partial charge in [0.2, 0.25) is 11.8 Å². The lowest BCUT2D eigenvalue weighted by atomic mass is 10.1. The normalized spacial score (nSPS) is 18.5. The van der Waals surface area contributed by atoms with Crippen molar-refractivity contribution < 1.29 is 23.1 Å². The molecule has 0 saturated carbocycles. The number of hydrogen-bond acceptors (Lipinski definition) is 5. The van der Waals surface area contributed by atoms with Crippen LogP contribution in [0.25, 0.3) is 0 Å². The van der Waals surface area contributed by atoms with E-state index in [0.717, 1.165) is 11.3 Å². The van der Waals surface area contributed by atoms with E-state index in [1.165, 1.54) is 19.2 Å². The van der Waals surface area contributed by atoms with Crippen LogP contribution in [0.3, 0.4) is 0 Å². The molecule has 0 bridgehead atoms. The number of ether oxygens (including phenoxy) is 1. The fraction of sp³-hybridized carbons (Fsp3) is 0.364. The first-order valence-corrected chi connectivity index (χ1v) is 10.1. The van der Waals surface area contributed by atoms with Crippen molar-refractivity contribution in [2.75, 3.05) is 48.8 Å². The zero-order valence-corrected chi connectivity index (χ0v) is 17.4. The van der Waals surface area contributed by atoms with Gasteiger partial charge < -0.3 is 20.3 Å². The third kappa shape index (κ3) is 4.46. The average molecular weight is 430 g/mol. The maximum Gasteiger partial charge on any atom is 0.238 e. The number of nitrogens with one attached hydrogen (secondary N) is 2. The van der Waals surface area contributed by atoms with Gasteiger partial charge in [-0.15, -0.1) is 0 Å². The van der Waals surface area contributed by atoms with Crippen LogP contribution in [0, 0.1) is 11.6 Å². The minimum Gasteiger partial charge on any atom is -0.491 e. The highest BCUT2D eigenvalue weighted by molar-refractivity contribution is 6.00. The molecule has 0 spiro atoms. The van der Waals surface area contributed by atoms with Crippen LogP contribution in [-0.2, 0) is 16.0 Å². The Morgan fingerprint density at radius 2 is 1.97 bits per heavy atom. The Morgan fingerprint density at radius 3 is 2.65 bits per heavy atom. The molecule has 9 heteroatoms. The predicted octanol–water partition coefficient (Wildman–Crippen LogP) is 2.62. The SMILES string of the molecule is COc1c(F)cc(N2CCN(CC(=O)Nc3ccc4c(c3)CC(=O)N4)C[C@H]2C)cc1F. The fourth-order valence-electron chi connectivity index (χ4n) is 4.18. The maximum atomic E-state index is 14.1. The Morgan fingerprint density at radius 1 is 1.23 bits per heavy atom. The van der Waals surface area contributed by atoms with Crippen molar-refractivity contribution in [3.8, 4) is 5.75 Å². The molecular formula is C22H24F2N4O3. The molecule has 2 N–H and O–H groups in total. The summed E-state index contributed by atoms with van der Waals surface area (Å²) in [5.74, 6) is -2.07. The number of carbonyl (C=O) groups excluding carboxylic acids is 2. The van der Waals surface area contributed by atoms with Gasteiger partial charge in [-0.05, 0) is 30.7 Å². The third-order valence-corrected chi connectivity index (χ3v) is 5.61. The molecule has 7 nitrogen and oxygen atoms in total. The first-order valence-electron chi connectivity index (χ1n) is 10.1. The van der Waals surface area contributed by atoms with Crippen LogP contribution in [0.4, 0.5) is 25.8 Å². The number of hydrogen-bond donors (Lipinski definition) is 2. The number of fused-ring (bicyclic) bond motifs is 1. The van der Waals surface area contributed by atoms with Crippen LogP contribution in [0.2, 0.25) is 0 Å². The monoisotopic (exact) mass is 430 g/mol. The van der Waals surface area contributed by atoms with Crippen LogP contribution >= 0.6 is 0 Å². The van der Waals surface area contributed by atoms with Gasteiger partial charge in [0.25, 0.3) is 0 Å². The lowest BCUT2D eigenvalue weighted by Crippen LogP contribution is -2.53. The Hall–Kier alpha value is -3.20. The molecule has 4 rings (SSSR count). The molecule has 2 aromatic carbocycles. The molecule has 1 saturated heterocycles. The highest BCUT2D eigenvalue weighted by Crippen LogP contribution is 2.30. The first-order chi connectivity index (χ1) is 14.8. The summed E-state index contributed by atoms with van der Waals surface area (Å²) < 4.78 is 32.9.